The van der Waals surface area contributed by atoms with E-state index >= 15 is 0 Å². The van der Waals surface area contributed by atoms with Crippen molar-refractivity contribution in [2.75, 3.05) is 36.8 Å². The summed E-state index contributed by atoms with van der Waals surface area (Å²) in [4.78, 5) is 27.6. The number of carbonyl (C=O) groups excluding carboxylic acids is 2. The second kappa shape index (κ2) is 9.41. The Bertz CT molecular complexity index is 1030. The summed E-state index contributed by atoms with van der Waals surface area (Å²) in [7, 11) is 0. The first kappa shape index (κ1) is 17.6. The smallest absolute Gasteiger partial charge is 0.225 e. The van der Waals surface area contributed by atoms with Gasteiger partial charge in [-0.25, -0.2) is 0 Å². The van der Waals surface area contributed by atoms with Crippen molar-refractivity contribution in [3.63, 3.8) is 0 Å². The largest absolute Gasteiger partial charge is 0.371 e. The minimum atomic E-state index is -2.50. The zero-order valence-electron chi connectivity index (χ0n) is 21.0. The first-order chi connectivity index (χ1) is 16.2. The lowest BCUT2D eigenvalue weighted by atomic mass is 10.1. The lowest BCUT2D eigenvalue weighted by molar-refractivity contribution is -0.128. The molecule has 4 rings (SSSR count). The van der Waals surface area contributed by atoms with Crippen LogP contribution in [0.2, 0.25) is 0 Å². The van der Waals surface area contributed by atoms with E-state index in [1.54, 1.807) is 0 Å². The standard InChI is InChI=1S/C25H32N4O2/c1-18-6-11-22(29-12-4-3-5-13-29)15-23(18)27-21-9-7-19(8-10-21)16-26-25(31)20-14-24(30)28(2)17-20/h6-11,15,20,27H,3-5,12-14,16-17H2,1-2H3,(H,26,31)/i2D3. The number of nitrogens with zero attached hydrogens (tertiary/aromatic N) is 2. The third kappa shape index (κ3) is 5.19. The molecular weight excluding hydrogens is 388 g/mol. The molecule has 164 valence electrons. The van der Waals surface area contributed by atoms with Crippen LogP contribution in [0.1, 0.15) is 40.9 Å². The molecule has 2 aromatic carbocycles. The Morgan fingerprint density at radius 3 is 2.61 bits per heavy atom. The summed E-state index contributed by atoms with van der Waals surface area (Å²) in [6, 6.07) is 14.4. The molecule has 31 heavy (non-hydrogen) atoms. The Balaban J connectivity index is 1.32. The number of piperidine rings is 1. The first-order valence-corrected chi connectivity index (χ1v) is 11.0. The molecule has 0 radical (unpaired) electrons. The fraction of sp³-hybridized carbons (Fsp3) is 0.440. The van der Waals surface area contributed by atoms with Gasteiger partial charge in [-0.3, -0.25) is 9.59 Å². The fourth-order valence-electron chi connectivity index (χ4n) is 4.17. The van der Waals surface area contributed by atoms with Gasteiger partial charge in [0.2, 0.25) is 11.8 Å². The van der Waals surface area contributed by atoms with Gasteiger partial charge in [-0.1, -0.05) is 18.2 Å². The predicted molar refractivity (Wildman–Crippen MR) is 125 cm³/mol. The molecule has 2 aliphatic heterocycles. The molecule has 1 unspecified atom stereocenters. The van der Waals surface area contributed by atoms with Gasteiger partial charge in [0.05, 0.1) is 5.92 Å². The van der Waals surface area contributed by atoms with Crippen molar-refractivity contribution in [1.82, 2.24) is 10.2 Å². The summed E-state index contributed by atoms with van der Waals surface area (Å²) < 4.78 is 22.2. The molecule has 2 N–H and O–H groups in total. The third-order valence-corrected chi connectivity index (χ3v) is 6.14. The van der Waals surface area contributed by atoms with Crippen molar-refractivity contribution in [3.05, 3.63) is 53.6 Å². The van der Waals surface area contributed by atoms with Crippen LogP contribution in [-0.2, 0) is 16.1 Å². The number of benzene rings is 2. The molecule has 0 aliphatic carbocycles. The lowest BCUT2D eigenvalue weighted by Crippen LogP contribution is -2.31. The van der Waals surface area contributed by atoms with Gasteiger partial charge >= 0.3 is 0 Å². The predicted octanol–water partition coefficient (Wildman–Crippen LogP) is 3.82. The van der Waals surface area contributed by atoms with E-state index in [1.807, 2.05) is 24.3 Å². The third-order valence-electron chi connectivity index (χ3n) is 6.14. The van der Waals surface area contributed by atoms with Crippen LogP contribution in [0.3, 0.4) is 0 Å². The highest BCUT2D eigenvalue weighted by Crippen LogP contribution is 2.28. The van der Waals surface area contributed by atoms with Gasteiger partial charge in [0, 0.05) is 60.8 Å². The van der Waals surface area contributed by atoms with Gasteiger partial charge in [0.15, 0.2) is 0 Å². The van der Waals surface area contributed by atoms with Gasteiger partial charge < -0.3 is 20.4 Å². The van der Waals surface area contributed by atoms with Crippen LogP contribution in [-0.4, -0.2) is 43.3 Å². The number of likely N-dealkylation sites (tertiary alicyclic amines) is 1. The summed E-state index contributed by atoms with van der Waals surface area (Å²) in [5.74, 6) is -1.44. The quantitative estimate of drug-likeness (QED) is 0.741. The lowest BCUT2D eigenvalue weighted by Gasteiger charge is -2.29. The number of nitrogens with one attached hydrogen (secondary N) is 2. The molecule has 6 heteroatoms. The van der Waals surface area contributed by atoms with Crippen molar-refractivity contribution in [3.8, 4) is 0 Å². The maximum Gasteiger partial charge on any atom is 0.225 e. The minimum absolute atomic E-state index is 0.0665. The monoisotopic (exact) mass is 423 g/mol. The Morgan fingerprint density at radius 2 is 1.90 bits per heavy atom. The van der Waals surface area contributed by atoms with Gasteiger partial charge in [0.25, 0.3) is 0 Å². The van der Waals surface area contributed by atoms with Gasteiger partial charge in [-0.05, 0) is 61.6 Å². The molecule has 0 bridgehead atoms. The molecule has 2 heterocycles. The Hall–Kier alpha value is -3.02. The average Bonchev–Trinajstić information content (AvgIpc) is 3.23. The molecule has 2 fully saturated rings. The number of carbonyl (C=O) groups is 2. The second-order valence-corrected chi connectivity index (χ2v) is 8.49. The molecule has 0 spiro atoms. The highest BCUT2D eigenvalue weighted by Gasteiger charge is 2.31. The fourth-order valence-corrected chi connectivity index (χ4v) is 4.17. The van der Waals surface area contributed by atoms with E-state index in [4.69, 9.17) is 4.11 Å². The van der Waals surface area contributed by atoms with Crippen LogP contribution < -0.4 is 15.5 Å². The Kier molecular flexibility index (Phi) is 5.36. The Labute approximate surface area is 188 Å². The van der Waals surface area contributed by atoms with Crippen LogP contribution in [0, 0.1) is 12.8 Å². The summed E-state index contributed by atoms with van der Waals surface area (Å²) in [5, 5.41) is 6.33. The topological polar surface area (TPSA) is 64.7 Å². The molecule has 2 amide bonds. The van der Waals surface area contributed by atoms with Crippen LogP contribution >= 0.6 is 0 Å². The zero-order valence-corrected chi connectivity index (χ0v) is 18.0. The van der Waals surface area contributed by atoms with Crippen LogP contribution in [0.25, 0.3) is 0 Å². The van der Waals surface area contributed by atoms with Crippen molar-refractivity contribution in [1.29, 1.82) is 0 Å². The number of hydrogen-bond donors (Lipinski definition) is 2. The number of aryl methyl sites for hydroxylation is 1. The Morgan fingerprint density at radius 1 is 1.13 bits per heavy atom. The molecule has 2 aromatic rings. The molecule has 2 aliphatic rings. The summed E-state index contributed by atoms with van der Waals surface area (Å²) in [6.45, 7) is 2.05. The normalized spacial score (nSPS) is 20.7. The van der Waals surface area contributed by atoms with E-state index in [2.05, 4.69) is 40.7 Å². The van der Waals surface area contributed by atoms with Crippen molar-refractivity contribution in [2.24, 2.45) is 5.92 Å². The van der Waals surface area contributed by atoms with E-state index in [0.29, 0.717) is 6.54 Å². The maximum absolute atomic E-state index is 12.5. The van der Waals surface area contributed by atoms with Crippen LogP contribution in [0.4, 0.5) is 17.1 Å². The number of rotatable bonds is 6. The summed E-state index contributed by atoms with van der Waals surface area (Å²) in [5.41, 5.74) is 5.39. The first-order valence-electron chi connectivity index (χ1n) is 12.5. The van der Waals surface area contributed by atoms with Crippen molar-refractivity contribution in [2.45, 2.75) is 39.2 Å². The number of hydrogen-bond acceptors (Lipinski definition) is 4. The van der Waals surface area contributed by atoms with E-state index < -0.39 is 18.8 Å². The van der Waals surface area contributed by atoms with Crippen molar-refractivity contribution >= 4 is 28.9 Å². The van der Waals surface area contributed by atoms with Gasteiger partial charge in [-0.2, -0.15) is 0 Å². The molecule has 1 atom stereocenters. The van der Waals surface area contributed by atoms with E-state index in [9.17, 15) is 9.59 Å². The molecule has 0 saturated carbocycles. The van der Waals surface area contributed by atoms with E-state index in [0.717, 1.165) is 34.9 Å². The minimum Gasteiger partial charge on any atom is -0.371 e. The molecule has 0 aromatic heterocycles. The summed E-state index contributed by atoms with van der Waals surface area (Å²) >= 11 is 0. The summed E-state index contributed by atoms with van der Waals surface area (Å²) in [6.07, 6.45) is 3.72. The highest BCUT2D eigenvalue weighted by molar-refractivity contribution is 5.89. The van der Waals surface area contributed by atoms with Crippen LogP contribution in [0.15, 0.2) is 42.5 Å². The maximum atomic E-state index is 12.5. The highest BCUT2D eigenvalue weighted by atomic mass is 16.2. The SMILES string of the molecule is [2H]C([2H])([2H])N1CC(C(=O)NCc2ccc(Nc3cc(N4CCCCC4)ccc3C)cc2)CC1=O. The number of anilines is 3. The molecule has 6 nitrogen and oxygen atoms in total. The zero-order chi connectivity index (χ0) is 24.3. The van der Waals surface area contributed by atoms with Crippen LogP contribution in [0.5, 0.6) is 0 Å². The second-order valence-electron chi connectivity index (χ2n) is 8.49. The number of amides is 2. The van der Waals surface area contributed by atoms with Gasteiger partial charge in [-0.15, -0.1) is 0 Å². The molecular formula is C25H32N4O2. The van der Waals surface area contributed by atoms with Crippen molar-refractivity contribution < 1.29 is 13.7 Å². The van der Waals surface area contributed by atoms with E-state index in [1.165, 1.54) is 30.5 Å². The molecule has 2 saturated heterocycles. The van der Waals surface area contributed by atoms with Gasteiger partial charge in [0.1, 0.15) is 0 Å². The average molecular weight is 424 g/mol. The van der Waals surface area contributed by atoms with E-state index in [-0.39, 0.29) is 18.9 Å².